The topological polar surface area (TPSA) is 92.1 Å². The molecule has 0 aliphatic rings. The van der Waals surface area contributed by atoms with Crippen molar-refractivity contribution in [1.82, 2.24) is 4.90 Å². The molecule has 110 valence electrons. The number of hydrogen-bond donors (Lipinski definition) is 2. The van der Waals surface area contributed by atoms with Gasteiger partial charge >= 0.3 is 0 Å². The van der Waals surface area contributed by atoms with Crippen molar-refractivity contribution in [3.63, 3.8) is 0 Å². The van der Waals surface area contributed by atoms with Crippen molar-refractivity contribution in [1.29, 1.82) is 0 Å². The van der Waals surface area contributed by atoms with Crippen molar-refractivity contribution in [3.05, 3.63) is 58.0 Å². The van der Waals surface area contributed by atoms with E-state index in [4.69, 9.17) is 15.4 Å². The van der Waals surface area contributed by atoms with Gasteiger partial charge < -0.3 is 20.3 Å². The standard InChI is InChI=1S/C14H14BrN3O3/c1-18(14(19)11-5-6-21-12(11)15)8-9-3-2-4-10(7-9)13(16)17-20/h2-7,20H,8H2,1H3,(H2,16,17). The summed E-state index contributed by atoms with van der Waals surface area (Å²) in [5.74, 6) is -0.131. The lowest BCUT2D eigenvalue weighted by molar-refractivity contribution is 0.0783. The zero-order chi connectivity index (χ0) is 15.4. The Bertz CT molecular complexity index is 682. The molecule has 0 spiro atoms. The van der Waals surface area contributed by atoms with Crippen LogP contribution in [0, 0.1) is 0 Å². The molecule has 0 atom stereocenters. The maximum absolute atomic E-state index is 12.3. The van der Waals surface area contributed by atoms with Gasteiger partial charge in [0.25, 0.3) is 5.91 Å². The average molecular weight is 352 g/mol. The van der Waals surface area contributed by atoms with Gasteiger partial charge in [0.2, 0.25) is 0 Å². The summed E-state index contributed by atoms with van der Waals surface area (Å²) >= 11 is 3.19. The Balaban J connectivity index is 2.15. The first-order chi connectivity index (χ1) is 10.0. The number of halogens is 1. The van der Waals surface area contributed by atoms with Crippen molar-refractivity contribution in [2.24, 2.45) is 10.9 Å². The van der Waals surface area contributed by atoms with E-state index in [2.05, 4.69) is 21.1 Å². The van der Waals surface area contributed by atoms with Crippen molar-refractivity contribution in [3.8, 4) is 0 Å². The van der Waals surface area contributed by atoms with Crippen LogP contribution in [0.3, 0.4) is 0 Å². The van der Waals surface area contributed by atoms with Gasteiger partial charge in [0.05, 0.1) is 11.8 Å². The second-order valence-corrected chi connectivity index (χ2v) is 5.18. The number of rotatable bonds is 4. The molecule has 1 aromatic carbocycles. The maximum Gasteiger partial charge on any atom is 0.258 e. The number of hydrogen-bond acceptors (Lipinski definition) is 4. The minimum Gasteiger partial charge on any atom is -0.457 e. The lowest BCUT2D eigenvalue weighted by Crippen LogP contribution is -2.26. The Morgan fingerprint density at radius 2 is 2.24 bits per heavy atom. The zero-order valence-electron chi connectivity index (χ0n) is 11.3. The first-order valence-electron chi connectivity index (χ1n) is 6.08. The molecule has 7 heteroatoms. The second-order valence-electron chi connectivity index (χ2n) is 4.45. The summed E-state index contributed by atoms with van der Waals surface area (Å²) in [6, 6.07) is 8.75. The van der Waals surface area contributed by atoms with Crippen LogP contribution in [-0.2, 0) is 6.54 Å². The van der Waals surface area contributed by atoms with E-state index in [1.807, 2.05) is 6.07 Å². The van der Waals surface area contributed by atoms with Gasteiger partial charge in [-0.2, -0.15) is 0 Å². The van der Waals surface area contributed by atoms with Crippen LogP contribution in [-0.4, -0.2) is 28.9 Å². The molecule has 1 heterocycles. The van der Waals surface area contributed by atoms with Gasteiger partial charge in [-0.05, 0) is 33.6 Å². The number of nitrogens with zero attached hydrogens (tertiary/aromatic N) is 2. The molecule has 1 amide bonds. The van der Waals surface area contributed by atoms with Gasteiger partial charge in [-0.1, -0.05) is 23.4 Å². The van der Waals surface area contributed by atoms with Gasteiger partial charge in [-0.15, -0.1) is 0 Å². The molecule has 6 nitrogen and oxygen atoms in total. The van der Waals surface area contributed by atoms with Crippen molar-refractivity contribution < 1.29 is 14.4 Å². The third kappa shape index (κ3) is 3.43. The van der Waals surface area contributed by atoms with Gasteiger partial charge in [0.1, 0.15) is 0 Å². The molecule has 0 aliphatic carbocycles. The fourth-order valence-corrected chi connectivity index (χ4v) is 2.29. The van der Waals surface area contributed by atoms with E-state index in [1.54, 1.807) is 36.2 Å². The van der Waals surface area contributed by atoms with E-state index in [9.17, 15) is 4.79 Å². The van der Waals surface area contributed by atoms with Crippen LogP contribution in [0.25, 0.3) is 0 Å². The third-order valence-electron chi connectivity index (χ3n) is 2.95. The molecule has 0 bridgehead atoms. The Kier molecular flexibility index (Phi) is 4.64. The second kappa shape index (κ2) is 6.45. The molecule has 0 fully saturated rings. The number of benzene rings is 1. The number of nitrogens with two attached hydrogens (primary N) is 1. The fourth-order valence-electron chi connectivity index (χ4n) is 1.88. The Morgan fingerprint density at radius 1 is 1.48 bits per heavy atom. The predicted molar refractivity (Wildman–Crippen MR) is 81.2 cm³/mol. The normalized spacial score (nSPS) is 11.4. The highest BCUT2D eigenvalue weighted by Gasteiger charge is 2.17. The zero-order valence-corrected chi connectivity index (χ0v) is 12.9. The molecular weight excluding hydrogens is 338 g/mol. The van der Waals surface area contributed by atoms with Crippen molar-refractivity contribution in [2.45, 2.75) is 6.54 Å². The molecule has 2 aromatic rings. The van der Waals surface area contributed by atoms with Gasteiger partial charge in [-0.3, -0.25) is 4.79 Å². The highest BCUT2D eigenvalue weighted by molar-refractivity contribution is 9.10. The van der Waals surface area contributed by atoms with Crippen LogP contribution in [0.5, 0.6) is 0 Å². The Morgan fingerprint density at radius 3 is 2.86 bits per heavy atom. The summed E-state index contributed by atoms with van der Waals surface area (Å²) in [6.07, 6.45) is 1.45. The van der Waals surface area contributed by atoms with Crippen LogP contribution >= 0.6 is 15.9 Å². The maximum atomic E-state index is 12.3. The van der Waals surface area contributed by atoms with Crippen LogP contribution in [0.15, 0.2) is 50.8 Å². The summed E-state index contributed by atoms with van der Waals surface area (Å²) in [6.45, 7) is 0.392. The highest BCUT2D eigenvalue weighted by atomic mass is 79.9. The molecule has 0 radical (unpaired) electrons. The minimum absolute atomic E-state index is 0.0309. The monoisotopic (exact) mass is 351 g/mol. The Hall–Kier alpha value is -2.28. The first-order valence-corrected chi connectivity index (χ1v) is 6.87. The number of amidine groups is 1. The van der Waals surface area contributed by atoms with E-state index < -0.39 is 0 Å². The molecule has 1 aromatic heterocycles. The van der Waals surface area contributed by atoms with E-state index >= 15 is 0 Å². The van der Waals surface area contributed by atoms with Crippen molar-refractivity contribution in [2.75, 3.05) is 7.05 Å². The average Bonchev–Trinajstić information content (AvgIpc) is 2.92. The van der Waals surface area contributed by atoms with Crippen LogP contribution in [0.1, 0.15) is 21.5 Å². The molecule has 21 heavy (non-hydrogen) atoms. The third-order valence-corrected chi connectivity index (χ3v) is 3.56. The number of carbonyl (C=O) groups is 1. The molecule has 0 unspecified atom stereocenters. The van der Waals surface area contributed by atoms with E-state index in [1.165, 1.54) is 6.26 Å². The smallest absolute Gasteiger partial charge is 0.258 e. The van der Waals surface area contributed by atoms with Gasteiger partial charge in [0, 0.05) is 19.2 Å². The molecule has 0 aliphatic heterocycles. The number of amides is 1. The van der Waals surface area contributed by atoms with E-state index in [-0.39, 0.29) is 11.7 Å². The molecule has 0 saturated carbocycles. The summed E-state index contributed by atoms with van der Waals surface area (Å²) in [7, 11) is 1.69. The summed E-state index contributed by atoms with van der Waals surface area (Å²) in [5.41, 5.74) is 7.48. The number of oxime groups is 1. The number of carbonyl (C=O) groups excluding carboxylic acids is 1. The summed E-state index contributed by atoms with van der Waals surface area (Å²) in [5, 5.41) is 11.6. The molecule has 2 rings (SSSR count). The first kappa shape index (κ1) is 15.1. The lowest BCUT2D eigenvalue weighted by atomic mass is 10.1. The molecular formula is C14H14BrN3O3. The quantitative estimate of drug-likeness (QED) is 0.383. The number of furan rings is 1. The molecule has 3 N–H and O–H groups in total. The summed E-state index contributed by atoms with van der Waals surface area (Å²) < 4.78 is 5.47. The van der Waals surface area contributed by atoms with E-state index in [0.717, 1.165) is 5.56 Å². The van der Waals surface area contributed by atoms with Gasteiger partial charge in [0.15, 0.2) is 10.5 Å². The SMILES string of the molecule is CN(Cc1cccc(/C(N)=N/O)c1)C(=O)c1ccoc1Br. The van der Waals surface area contributed by atoms with Crippen LogP contribution < -0.4 is 5.73 Å². The Labute approximate surface area is 130 Å². The van der Waals surface area contributed by atoms with Crippen LogP contribution in [0.4, 0.5) is 0 Å². The molecule has 0 saturated heterocycles. The lowest BCUT2D eigenvalue weighted by Gasteiger charge is -2.17. The summed E-state index contributed by atoms with van der Waals surface area (Å²) in [4.78, 5) is 13.8. The highest BCUT2D eigenvalue weighted by Crippen LogP contribution is 2.20. The van der Waals surface area contributed by atoms with E-state index in [0.29, 0.717) is 22.3 Å². The predicted octanol–water partition coefficient (Wildman–Crippen LogP) is 2.41. The fraction of sp³-hybridized carbons (Fsp3) is 0.143. The largest absolute Gasteiger partial charge is 0.457 e. The van der Waals surface area contributed by atoms with Gasteiger partial charge in [-0.25, -0.2) is 0 Å². The van der Waals surface area contributed by atoms with Crippen LogP contribution in [0.2, 0.25) is 0 Å². The minimum atomic E-state index is -0.162. The van der Waals surface area contributed by atoms with Crippen molar-refractivity contribution >= 4 is 27.7 Å².